The SMILES string of the molecule is O=c1[nH]c(=O)n([C@@H]2O[C@H](COP(=O)(O)OP(=O)(O)OP(=O)(O)O)[C@H](O)C2O)cc1O. The van der Waals surface area contributed by atoms with Gasteiger partial charge in [-0.05, 0) is 0 Å². The molecule has 2 rings (SSSR count). The monoisotopic (exact) mass is 500 g/mol. The van der Waals surface area contributed by atoms with Crippen molar-refractivity contribution in [1.29, 1.82) is 0 Å². The van der Waals surface area contributed by atoms with Crippen LogP contribution < -0.4 is 11.2 Å². The zero-order valence-electron chi connectivity index (χ0n) is 14.2. The first-order valence-corrected chi connectivity index (χ1v) is 11.9. The third-order valence-electron chi connectivity index (χ3n) is 3.38. The normalized spacial score (nSPS) is 28.7. The summed E-state index contributed by atoms with van der Waals surface area (Å²) in [4.78, 5) is 59.9. The lowest BCUT2D eigenvalue weighted by atomic mass is 10.1. The number of hydrogen-bond donors (Lipinski definition) is 8. The highest BCUT2D eigenvalue weighted by molar-refractivity contribution is 7.66. The number of H-pyrrole nitrogens is 1. The van der Waals surface area contributed by atoms with Crippen LogP contribution in [0.3, 0.4) is 0 Å². The van der Waals surface area contributed by atoms with E-state index in [1.54, 1.807) is 4.98 Å². The molecule has 0 spiro atoms. The number of nitrogens with zero attached hydrogens (tertiary/aromatic N) is 1. The van der Waals surface area contributed by atoms with E-state index in [4.69, 9.17) is 19.4 Å². The molecule has 0 saturated carbocycles. The molecule has 1 fully saturated rings. The maximum atomic E-state index is 11.8. The highest BCUT2D eigenvalue weighted by atomic mass is 31.3. The molecule has 1 aromatic rings. The van der Waals surface area contributed by atoms with E-state index in [0.717, 1.165) is 0 Å². The second-order valence-corrected chi connectivity index (χ2v) is 10.0. The first kappa shape index (κ1) is 25.0. The van der Waals surface area contributed by atoms with Crippen molar-refractivity contribution < 1.29 is 66.5 Å². The van der Waals surface area contributed by atoms with Crippen molar-refractivity contribution in [3.63, 3.8) is 0 Å². The Balaban J connectivity index is 2.09. The molecule has 0 amide bonds. The van der Waals surface area contributed by atoms with Gasteiger partial charge in [0.25, 0.3) is 5.56 Å². The second-order valence-electron chi connectivity index (χ2n) is 5.61. The maximum Gasteiger partial charge on any atom is 0.490 e. The number of aliphatic hydroxyl groups is 2. The van der Waals surface area contributed by atoms with Crippen LogP contribution in [0, 0.1) is 0 Å². The third-order valence-corrected chi connectivity index (χ3v) is 7.18. The van der Waals surface area contributed by atoms with Gasteiger partial charge in [0, 0.05) is 0 Å². The summed E-state index contributed by atoms with van der Waals surface area (Å²) in [5, 5.41) is 29.3. The van der Waals surface area contributed by atoms with E-state index < -0.39 is 71.6 Å². The van der Waals surface area contributed by atoms with Crippen LogP contribution in [0.5, 0.6) is 5.75 Å². The molecule has 1 aliphatic heterocycles. The van der Waals surface area contributed by atoms with Gasteiger partial charge in [0.05, 0.1) is 12.8 Å². The molecule has 8 N–H and O–H groups in total. The van der Waals surface area contributed by atoms with Gasteiger partial charge in [-0.25, -0.2) is 18.5 Å². The number of ether oxygens (including phenoxy) is 1. The minimum Gasteiger partial charge on any atom is -0.502 e. The van der Waals surface area contributed by atoms with Gasteiger partial charge >= 0.3 is 29.2 Å². The van der Waals surface area contributed by atoms with E-state index in [-0.39, 0.29) is 0 Å². The van der Waals surface area contributed by atoms with Crippen molar-refractivity contribution in [2.45, 2.75) is 24.5 Å². The van der Waals surface area contributed by atoms with Crippen LogP contribution in [-0.4, -0.2) is 69.4 Å². The van der Waals surface area contributed by atoms with Crippen molar-refractivity contribution in [1.82, 2.24) is 9.55 Å². The fourth-order valence-corrected chi connectivity index (χ4v) is 5.26. The van der Waals surface area contributed by atoms with Crippen LogP contribution in [0.25, 0.3) is 0 Å². The van der Waals surface area contributed by atoms with E-state index in [1.807, 2.05) is 0 Å². The Morgan fingerprint density at radius 3 is 2.20 bits per heavy atom. The number of aromatic nitrogens is 2. The molecule has 1 aromatic heterocycles. The van der Waals surface area contributed by atoms with Crippen LogP contribution in [0.1, 0.15) is 6.23 Å². The lowest BCUT2D eigenvalue weighted by Gasteiger charge is -2.19. The zero-order valence-corrected chi connectivity index (χ0v) is 16.9. The maximum absolute atomic E-state index is 11.8. The first-order chi connectivity index (χ1) is 13.5. The van der Waals surface area contributed by atoms with Gasteiger partial charge in [0.1, 0.15) is 18.3 Å². The molecule has 30 heavy (non-hydrogen) atoms. The first-order valence-electron chi connectivity index (χ1n) is 7.36. The molecular formula is C9H15N2O16P3. The predicted molar refractivity (Wildman–Crippen MR) is 88.7 cm³/mol. The van der Waals surface area contributed by atoms with Gasteiger partial charge in [-0.2, -0.15) is 8.62 Å². The molecule has 18 nitrogen and oxygen atoms in total. The predicted octanol–water partition coefficient (Wildman–Crippen LogP) is -2.80. The number of rotatable bonds is 8. The smallest absolute Gasteiger partial charge is 0.490 e. The van der Waals surface area contributed by atoms with Crippen LogP contribution in [0.2, 0.25) is 0 Å². The van der Waals surface area contributed by atoms with Gasteiger partial charge in [0.15, 0.2) is 12.0 Å². The Morgan fingerprint density at radius 2 is 1.63 bits per heavy atom. The second kappa shape index (κ2) is 8.72. The summed E-state index contributed by atoms with van der Waals surface area (Å²) in [6.45, 7) is -1.11. The zero-order chi connectivity index (χ0) is 23.1. The highest BCUT2D eigenvalue weighted by Gasteiger charge is 2.46. The minimum atomic E-state index is -5.76. The largest absolute Gasteiger partial charge is 0.502 e. The van der Waals surface area contributed by atoms with Crippen molar-refractivity contribution in [3.8, 4) is 5.75 Å². The summed E-state index contributed by atoms with van der Waals surface area (Å²) < 4.78 is 50.3. The number of aromatic amines is 1. The van der Waals surface area contributed by atoms with Crippen molar-refractivity contribution >= 4 is 23.5 Å². The van der Waals surface area contributed by atoms with E-state index in [0.29, 0.717) is 10.8 Å². The molecule has 0 aromatic carbocycles. The Bertz CT molecular complexity index is 1040. The average molecular weight is 500 g/mol. The molecule has 1 aliphatic rings. The molecule has 21 heteroatoms. The van der Waals surface area contributed by atoms with Crippen LogP contribution in [0.4, 0.5) is 0 Å². The Morgan fingerprint density at radius 1 is 1.03 bits per heavy atom. The van der Waals surface area contributed by atoms with E-state index >= 15 is 0 Å². The number of aromatic hydroxyl groups is 1. The number of hydrogen-bond acceptors (Lipinski definition) is 12. The van der Waals surface area contributed by atoms with Gasteiger partial charge < -0.3 is 39.6 Å². The number of phosphoric acid groups is 3. The Labute approximate surface area is 164 Å². The quantitative estimate of drug-likeness (QED) is 0.167. The summed E-state index contributed by atoms with van der Waals surface area (Å²) in [6.07, 6.45) is -6.52. The minimum absolute atomic E-state index is 0.495. The van der Waals surface area contributed by atoms with E-state index in [1.165, 1.54) is 0 Å². The van der Waals surface area contributed by atoms with E-state index in [9.17, 15) is 43.5 Å². The average Bonchev–Trinajstić information content (AvgIpc) is 2.81. The van der Waals surface area contributed by atoms with Crippen molar-refractivity contribution in [2.24, 2.45) is 0 Å². The van der Waals surface area contributed by atoms with Crippen LogP contribution in [0.15, 0.2) is 15.8 Å². The number of phosphoric ester groups is 1. The standard InChI is InChI=1S/C9H15N2O16P3/c12-3-1-11(9(16)10-7(3)15)8-6(14)5(13)4(25-8)2-24-29(20,21)27-30(22,23)26-28(17,18)19/h1,4-6,8,12-14H,2H2,(H,20,21)(H,22,23)(H,10,15,16)(H2,17,18,19)/t4-,5+,6?,8-/m1/s1. The fraction of sp³-hybridized carbons (Fsp3) is 0.556. The summed E-state index contributed by atoms with van der Waals surface area (Å²) in [5.74, 6) is -0.934. The third kappa shape index (κ3) is 6.38. The Hall–Kier alpha value is -1.23. The molecule has 6 atom stereocenters. The summed E-state index contributed by atoms with van der Waals surface area (Å²) in [7, 11) is -16.9. The van der Waals surface area contributed by atoms with Gasteiger partial charge in [-0.1, -0.05) is 0 Å². The Kier molecular flexibility index (Phi) is 7.28. The van der Waals surface area contributed by atoms with Crippen LogP contribution >= 0.6 is 23.5 Å². The molecule has 3 unspecified atom stereocenters. The van der Waals surface area contributed by atoms with Crippen molar-refractivity contribution in [3.05, 3.63) is 27.0 Å². The lowest BCUT2D eigenvalue weighted by Crippen LogP contribution is -2.37. The van der Waals surface area contributed by atoms with Gasteiger partial charge in [0.2, 0.25) is 0 Å². The number of aliphatic hydroxyl groups excluding tert-OH is 2. The van der Waals surface area contributed by atoms with Gasteiger partial charge in [-0.3, -0.25) is 18.9 Å². The summed E-state index contributed by atoms with van der Waals surface area (Å²) in [6, 6.07) is 0. The molecule has 0 bridgehead atoms. The topological polar surface area (TPSA) is 285 Å². The summed E-state index contributed by atoms with van der Waals surface area (Å²) >= 11 is 0. The highest BCUT2D eigenvalue weighted by Crippen LogP contribution is 2.66. The molecular weight excluding hydrogens is 485 g/mol. The van der Waals surface area contributed by atoms with Gasteiger partial charge in [-0.15, -0.1) is 0 Å². The molecule has 172 valence electrons. The summed E-state index contributed by atoms with van der Waals surface area (Å²) in [5.41, 5.74) is -2.30. The van der Waals surface area contributed by atoms with E-state index in [2.05, 4.69) is 13.1 Å². The lowest BCUT2D eigenvalue weighted by molar-refractivity contribution is -0.0544. The number of nitrogens with one attached hydrogen (secondary N) is 1. The molecule has 0 radical (unpaired) electrons. The van der Waals surface area contributed by atoms with Crippen LogP contribution in [-0.2, 0) is 31.6 Å². The molecule has 1 saturated heterocycles. The molecule has 0 aliphatic carbocycles. The van der Waals surface area contributed by atoms with Crippen molar-refractivity contribution in [2.75, 3.05) is 6.61 Å². The fourth-order valence-electron chi connectivity index (χ4n) is 2.23. The molecule has 2 heterocycles.